The Bertz CT molecular complexity index is 1270. The predicted octanol–water partition coefficient (Wildman–Crippen LogP) is -5.27. The van der Waals surface area contributed by atoms with Crippen molar-refractivity contribution in [3.63, 3.8) is 0 Å². The van der Waals surface area contributed by atoms with Gasteiger partial charge in [0, 0.05) is 25.0 Å². The van der Waals surface area contributed by atoms with Gasteiger partial charge in [0.25, 0.3) is 0 Å². The van der Waals surface area contributed by atoms with Crippen molar-refractivity contribution in [3.8, 4) is 5.75 Å². The third kappa shape index (κ3) is 9.42. The molecule has 296 valence electrons. The molecular weight excluding hydrogens is 718 g/mol. The van der Waals surface area contributed by atoms with E-state index in [9.17, 15) is 51.1 Å². The highest BCUT2D eigenvalue weighted by Crippen LogP contribution is 2.31. The highest BCUT2D eigenvalue weighted by Gasteiger charge is 2.52. The number of aliphatic hydroxyl groups excluding tert-OH is 10. The first kappa shape index (κ1) is 41.6. The fourth-order valence-corrected chi connectivity index (χ4v) is 6.86. The van der Waals surface area contributed by atoms with E-state index in [1.54, 1.807) is 7.11 Å². The minimum absolute atomic E-state index is 0.180. The van der Waals surface area contributed by atoms with Crippen LogP contribution in [0.25, 0.3) is 0 Å². The van der Waals surface area contributed by atoms with Crippen LogP contribution in [0.2, 0.25) is 0 Å². The van der Waals surface area contributed by atoms with Crippen molar-refractivity contribution >= 4 is 17.6 Å². The van der Waals surface area contributed by atoms with Crippen LogP contribution in [-0.4, -0.2) is 212 Å². The number of aliphatic hydroxyl groups is 10. The largest absolute Gasteiger partial charge is 0.497 e. The second-order valence-electron chi connectivity index (χ2n) is 13.1. The molecule has 4 saturated heterocycles. The van der Waals surface area contributed by atoms with Crippen molar-refractivity contribution in [1.82, 2.24) is 4.90 Å². The zero-order valence-electron chi connectivity index (χ0n) is 28.2. The number of ether oxygens (including phenoxy) is 8. The van der Waals surface area contributed by atoms with E-state index >= 15 is 0 Å². The number of rotatable bonds is 14. The van der Waals surface area contributed by atoms with Gasteiger partial charge >= 0.3 is 0 Å². The second kappa shape index (κ2) is 18.8. The Morgan fingerprint density at radius 3 is 2.08 bits per heavy atom. The highest BCUT2D eigenvalue weighted by atomic mass is 32.1. The summed E-state index contributed by atoms with van der Waals surface area (Å²) < 4.78 is 45.4. The molecule has 4 aliphatic heterocycles. The van der Waals surface area contributed by atoms with Gasteiger partial charge in [0.1, 0.15) is 85.1 Å². The molecule has 0 spiro atoms. The fraction of sp³-hybridized carbons (Fsp3) is 0.781. The molecule has 0 aromatic heterocycles. The van der Waals surface area contributed by atoms with Crippen LogP contribution in [0.15, 0.2) is 24.3 Å². The van der Waals surface area contributed by atoms with Crippen LogP contribution in [0.4, 0.5) is 0 Å². The van der Waals surface area contributed by atoms with E-state index in [-0.39, 0.29) is 13.2 Å². The molecule has 52 heavy (non-hydrogen) atoms. The second-order valence-corrected chi connectivity index (χ2v) is 13.4. The predicted molar refractivity (Wildman–Crippen MR) is 176 cm³/mol. The minimum Gasteiger partial charge on any atom is -0.497 e. The smallest absolute Gasteiger partial charge is 0.187 e. The van der Waals surface area contributed by atoms with E-state index in [1.165, 1.54) is 0 Å². The first-order chi connectivity index (χ1) is 24.9. The lowest BCUT2D eigenvalue weighted by Crippen LogP contribution is -2.65. The molecule has 5 rings (SSSR count). The van der Waals surface area contributed by atoms with Crippen molar-refractivity contribution in [1.29, 1.82) is 0 Å². The topological polar surface area (TPSA) is 279 Å². The van der Waals surface area contributed by atoms with Crippen LogP contribution >= 0.6 is 12.2 Å². The van der Waals surface area contributed by atoms with Crippen LogP contribution in [0, 0.1) is 0 Å². The summed E-state index contributed by atoms with van der Waals surface area (Å²) in [5.41, 5.74) is 0.924. The average Bonchev–Trinajstić information content (AvgIpc) is 3.15. The lowest BCUT2D eigenvalue weighted by Gasteiger charge is -2.47. The van der Waals surface area contributed by atoms with Gasteiger partial charge in [-0.05, 0) is 17.7 Å². The molecule has 19 nitrogen and oxygen atoms in total. The lowest BCUT2D eigenvalue weighted by atomic mass is 9.94. The van der Waals surface area contributed by atoms with Crippen LogP contribution in [0.3, 0.4) is 0 Å². The third-order valence-electron chi connectivity index (χ3n) is 9.51. The van der Waals surface area contributed by atoms with Gasteiger partial charge in [-0.25, -0.2) is 0 Å². The summed E-state index contributed by atoms with van der Waals surface area (Å²) in [6.07, 6.45) is -25.0. The molecule has 20 heteroatoms. The molecule has 0 aliphatic carbocycles. The van der Waals surface area contributed by atoms with Gasteiger partial charge in [-0.15, -0.1) is 0 Å². The van der Waals surface area contributed by atoms with E-state index in [0.29, 0.717) is 18.8 Å². The molecule has 4 fully saturated rings. The summed E-state index contributed by atoms with van der Waals surface area (Å²) in [6, 6.07) is 7.43. The average molecular weight is 768 g/mol. The summed E-state index contributed by atoms with van der Waals surface area (Å²) in [5, 5.41) is 106. The van der Waals surface area contributed by atoms with Gasteiger partial charge < -0.3 is 89.0 Å². The first-order valence-corrected chi connectivity index (χ1v) is 17.3. The third-order valence-corrected chi connectivity index (χ3v) is 9.78. The molecule has 17 atom stereocenters. The summed E-state index contributed by atoms with van der Waals surface area (Å²) in [7, 11) is 1.56. The molecule has 17 unspecified atom stereocenters. The lowest BCUT2D eigenvalue weighted by molar-refractivity contribution is -0.350. The SMILES string of the molecule is COc1cccc(CN2CC(CO)OC(OC3C(O)C(CO)OC(OCC4OC(C=S)C(O)C(OC5OC(CO)C(O)C(O)C5O)C4O)C3O)C2)c1. The maximum atomic E-state index is 11.3. The van der Waals surface area contributed by atoms with Gasteiger partial charge in [-0.1, -0.05) is 24.4 Å². The number of nitrogens with zero attached hydrogens (tertiary/aromatic N) is 1. The molecule has 4 aliphatic rings. The van der Waals surface area contributed by atoms with Gasteiger partial charge in [0.2, 0.25) is 0 Å². The van der Waals surface area contributed by atoms with Crippen molar-refractivity contribution < 1.29 is 89.0 Å². The Kier molecular flexibility index (Phi) is 15.0. The molecule has 0 radical (unpaired) electrons. The Morgan fingerprint density at radius 1 is 0.731 bits per heavy atom. The number of thiocarbonyl (C=S) groups is 1. The highest BCUT2D eigenvalue weighted by molar-refractivity contribution is 7.79. The van der Waals surface area contributed by atoms with Gasteiger partial charge in [0.15, 0.2) is 18.9 Å². The van der Waals surface area contributed by atoms with Crippen molar-refractivity contribution in [2.45, 2.75) is 111 Å². The number of hydrogen-bond acceptors (Lipinski definition) is 20. The van der Waals surface area contributed by atoms with E-state index in [1.807, 2.05) is 29.2 Å². The molecule has 1 aromatic rings. The summed E-state index contributed by atoms with van der Waals surface area (Å²) in [6.45, 7) is -1.32. The maximum absolute atomic E-state index is 11.3. The minimum atomic E-state index is -1.83. The molecule has 0 saturated carbocycles. The zero-order chi connectivity index (χ0) is 37.7. The zero-order valence-corrected chi connectivity index (χ0v) is 29.1. The molecule has 0 bridgehead atoms. The Hall–Kier alpha value is -1.61. The number of benzene rings is 1. The summed E-state index contributed by atoms with van der Waals surface area (Å²) >= 11 is 4.98. The molecular formula is C32H49NO18S. The monoisotopic (exact) mass is 767 g/mol. The van der Waals surface area contributed by atoms with Crippen molar-refractivity contribution in [2.75, 3.05) is 46.6 Å². The summed E-state index contributed by atoms with van der Waals surface area (Å²) in [5.74, 6) is 0.670. The number of methoxy groups -OCH3 is 1. The van der Waals surface area contributed by atoms with Crippen molar-refractivity contribution in [3.05, 3.63) is 29.8 Å². The van der Waals surface area contributed by atoms with E-state index in [4.69, 9.17) is 50.1 Å². The van der Waals surface area contributed by atoms with Crippen molar-refractivity contribution in [2.24, 2.45) is 0 Å². The van der Waals surface area contributed by atoms with Crippen LogP contribution in [-0.2, 0) is 39.7 Å². The van der Waals surface area contributed by atoms with E-state index in [0.717, 1.165) is 10.9 Å². The number of morpholine rings is 1. The number of hydrogen-bond donors (Lipinski definition) is 10. The van der Waals surface area contributed by atoms with E-state index < -0.39 is 124 Å². The van der Waals surface area contributed by atoms with Crippen LogP contribution in [0.1, 0.15) is 5.56 Å². The fourth-order valence-electron chi connectivity index (χ4n) is 6.63. The Morgan fingerprint density at radius 2 is 1.40 bits per heavy atom. The molecule has 10 N–H and O–H groups in total. The van der Waals surface area contributed by atoms with Gasteiger partial charge in [0.05, 0.1) is 39.6 Å². The van der Waals surface area contributed by atoms with Gasteiger partial charge in [-0.2, -0.15) is 0 Å². The van der Waals surface area contributed by atoms with Gasteiger partial charge in [-0.3, -0.25) is 4.90 Å². The van der Waals surface area contributed by atoms with Crippen LogP contribution in [0.5, 0.6) is 5.75 Å². The summed E-state index contributed by atoms with van der Waals surface area (Å²) in [4.78, 5) is 1.96. The normalized spacial score (nSPS) is 43.2. The molecule has 0 amide bonds. The molecule has 4 heterocycles. The quantitative estimate of drug-likeness (QED) is 0.0792. The molecule has 1 aromatic carbocycles. The van der Waals surface area contributed by atoms with Crippen LogP contribution < -0.4 is 4.74 Å². The maximum Gasteiger partial charge on any atom is 0.187 e. The first-order valence-electron chi connectivity index (χ1n) is 16.9. The standard InChI is InChI=1S/C32H49NO18S/c1-44-15-4-2-3-14(5-15)6-33-7-16(9-34)46-21(8-33)50-30-23(38)18(11-36)48-31(28(30)43)45-12-19-24(39)29(25(40)20(13-52)47-19)51-32-27(42)26(41)22(37)17(10-35)49-32/h2-5,13,16-32,34-43H,6-12H2,1H3. The Balaban J connectivity index is 1.25. The Labute approximate surface area is 304 Å². The van der Waals surface area contributed by atoms with E-state index in [2.05, 4.69) is 0 Å².